The van der Waals surface area contributed by atoms with E-state index in [9.17, 15) is 0 Å². The number of hydrogen-bond acceptors (Lipinski definition) is 4. The highest BCUT2D eigenvalue weighted by atomic mass is 15.0. The van der Waals surface area contributed by atoms with Gasteiger partial charge in [-0.2, -0.15) is 0 Å². The van der Waals surface area contributed by atoms with Crippen LogP contribution in [0.1, 0.15) is 52.7 Å². The first-order chi connectivity index (χ1) is 20.1. The Hall–Kier alpha value is -4.70. The van der Waals surface area contributed by atoms with Crippen LogP contribution in [0.15, 0.2) is 109 Å². The molecular weight excluding hydrogens is 512 g/mol. The molecule has 0 unspecified atom stereocenters. The molecule has 0 atom stereocenters. The third-order valence-electron chi connectivity index (χ3n) is 7.72. The molecule has 2 aromatic heterocycles. The first kappa shape index (κ1) is 27.5. The van der Waals surface area contributed by atoms with Gasteiger partial charge in [-0.3, -0.25) is 4.98 Å². The Labute approximate surface area is 248 Å². The van der Waals surface area contributed by atoms with Crippen LogP contribution in [0.3, 0.4) is 0 Å². The van der Waals surface area contributed by atoms with Gasteiger partial charge in [0.2, 0.25) is 0 Å². The van der Waals surface area contributed by atoms with Crippen LogP contribution in [-0.2, 0) is 10.8 Å². The lowest BCUT2D eigenvalue weighted by atomic mass is 9.86. The van der Waals surface area contributed by atoms with E-state index in [4.69, 9.17) is 19.9 Å². The summed E-state index contributed by atoms with van der Waals surface area (Å²) < 4.78 is 0. The second kappa shape index (κ2) is 10.6. The number of benzene rings is 4. The summed E-state index contributed by atoms with van der Waals surface area (Å²) in [6, 6.07) is 35.9. The quantitative estimate of drug-likeness (QED) is 0.220. The fourth-order valence-electron chi connectivity index (χ4n) is 5.16. The van der Waals surface area contributed by atoms with E-state index in [1.807, 2.05) is 18.3 Å². The third kappa shape index (κ3) is 5.58. The van der Waals surface area contributed by atoms with E-state index < -0.39 is 0 Å². The minimum absolute atomic E-state index is 0.0683. The van der Waals surface area contributed by atoms with Crippen molar-refractivity contribution in [2.24, 2.45) is 0 Å². The summed E-state index contributed by atoms with van der Waals surface area (Å²) in [6.45, 7) is 13.3. The highest BCUT2D eigenvalue weighted by Crippen LogP contribution is 2.32. The Balaban J connectivity index is 1.49. The van der Waals surface area contributed by atoms with E-state index in [-0.39, 0.29) is 10.8 Å². The van der Waals surface area contributed by atoms with E-state index in [0.717, 1.165) is 38.7 Å². The van der Waals surface area contributed by atoms with E-state index in [1.54, 1.807) is 0 Å². The predicted octanol–water partition coefficient (Wildman–Crippen LogP) is 9.68. The van der Waals surface area contributed by atoms with Crippen LogP contribution < -0.4 is 0 Å². The van der Waals surface area contributed by atoms with E-state index >= 15 is 0 Å². The molecule has 6 rings (SSSR count). The number of aromatic nitrogens is 4. The zero-order chi connectivity index (χ0) is 29.5. The third-order valence-corrected chi connectivity index (χ3v) is 7.72. The maximum absolute atomic E-state index is 5.00. The summed E-state index contributed by atoms with van der Waals surface area (Å²) in [4.78, 5) is 19.7. The molecule has 0 fully saturated rings. The summed E-state index contributed by atoms with van der Waals surface area (Å²) >= 11 is 0. The number of pyridine rings is 1. The first-order valence-electron chi connectivity index (χ1n) is 14.5. The molecule has 0 aliphatic heterocycles. The van der Waals surface area contributed by atoms with Crippen molar-refractivity contribution in [1.29, 1.82) is 0 Å². The van der Waals surface area contributed by atoms with Gasteiger partial charge in [0.15, 0.2) is 17.5 Å². The zero-order valence-electron chi connectivity index (χ0n) is 25.2. The summed E-state index contributed by atoms with van der Waals surface area (Å²) in [5.74, 6) is 1.95. The lowest BCUT2D eigenvalue weighted by Crippen LogP contribution is -2.10. The monoisotopic (exact) mass is 548 g/mol. The Bertz CT molecular complexity index is 1790. The number of nitrogens with zero attached hydrogens (tertiary/aromatic N) is 4. The topological polar surface area (TPSA) is 51.6 Å². The first-order valence-corrected chi connectivity index (χ1v) is 14.5. The van der Waals surface area contributed by atoms with Gasteiger partial charge < -0.3 is 0 Å². The van der Waals surface area contributed by atoms with Gasteiger partial charge in [0.05, 0.1) is 5.69 Å². The van der Waals surface area contributed by atoms with Gasteiger partial charge in [-0.15, -0.1) is 0 Å². The van der Waals surface area contributed by atoms with Crippen LogP contribution in [0.2, 0.25) is 0 Å². The lowest BCUT2D eigenvalue weighted by Gasteiger charge is -2.19. The van der Waals surface area contributed by atoms with Crippen molar-refractivity contribution in [3.63, 3.8) is 0 Å². The second-order valence-electron chi connectivity index (χ2n) is 12.9. The van der Waals surface area contributed by atoms with E-state index in [2.05, 4.69) is 133 Å². The van der Waals surface area contributed by atoms with Gasteiger partial charge in [-0.05, 0) is 39.5 Å². The molecule has 0 amide bonds. The van der Waals surface area contributed by atoms with Gasteiger partial charge in [0.25, 0.3) is 0 Å². The van der Waals surface area contributed by atoms with Crippen LogP contribution >= 0.6 is 0 Å². The van der Waals surface area contributed by atoms with Gasteiger partial charge in [0, 0.05) is 33.8 Å². The Morgan fingerprint density at radius 2 is 0.952 bits per heavy atom. The summed E-state index contributed by atoms with van der Waals surface area (Å²) in [5, 5.41) is 2.28. The average molecular weight is 549 g/mol. The molecule has 208 valence electrons. The minimum Gasteiger partial charge on any atom is -0.256 e. The molecule has 0 spiro atoms. The number of fused-ring (bicyclic) bond motifs is 1. The molecule has 4 nitrogen and oxygen atoms in total. The van der Waals surface area contributed by atoms with Crippen molar-refractivity contribution in [3.05, 3.63) is 120 Å². The van der Waals surface area contributed by atoms with E-state index in [1.165, 1.54) is 11.1 Å². The van der Waals surface area contributed by atoms with E-state index in [0.29, 0.717) is 17.5 Å². The van der Waals surface area contributed by atoms with Gasteiger partial charge in [-0.25, -0.2) is 15.0 Å². The molecule has 2 heterocycles. The van der Waals surface area contributed by atoms with Crippen molar-refractivity contribution in [1.82, 2.24) is 19.9 Å². The van der Waals surface area contributed by atoms with Crippen LogP contribution in [0.4, 0.5) is 0 Å². The van der Waals surface area contributed by atoms with Gasteiger partial charge in [0.1, 0.15) is 0 Å². The van der Waals surface area contributed by atoms with Crippen molar-refractivity contribution >= 4 is 10.8 Å². The summed E-state index contributed by atoms with van der Waals surface area (Å²) in [5.41, 5.74) is 7.50. The maximum atomic E-state index is 5.00. The Morgan fingerprint density at radius 1 is 0.452 bits per heavy atom. The van der Waals surface area contributed by atoms with Crippen molar-refractivity contribution in [3.8, 4) is 45.4 Å². The SMILES string of the molecule is CC(C)(C)c1ccc(-c2nc(-c3ccc(C(C)(C)C)cc3)nc(-c3cccc(-c4nccc5ccccc45)c3)n2)cc1. The molecule has 0 saturated carbocycles. The standard InChI is InChI=1S/C38H36N4/c1-37(2,3)30-18-14-26(15-19-30)34-40-35(27-16-20-31(21-17-27)38(4,5)6)42-36(41-34)29-12-9-11-28(24-29)33-32-13-8-7-10-25(32)22-23-39-33/h7-24H,1-6H3. The van der Waals surface area contributed by atoms with Gasteiger partial charge >= 0.3 is 0 Å². The Morgan fingerprint density at radius 3 is 1.50 bits per heavy atom. The smallest absolute Gasteiger partial charge is 0.164 e. The molecule has 0 aliphatic carbocycles. The second-order valence-corrected chi connectivity index (χ2v) is 12.9. The molecule has 0 saturated heterocycles. The molecule has 42 heavy (non-hydrogen) atoms. The van der Waals surface area contributed by atoms with Crippen LogP contribution in [-0.4, -0.2) is 19.9 Å². The van der Waals surface area contributed by atoms with Crippen LogP contribution in [0, 0.1) is 0 Å². The molecule has 4 heteroatoms. The van der Waals surface area contributed by atoms with Crippen LogP contribution in [0.25, 0.3) is 56.2 Å². The fourth-order valence-corrected chi connectivity index (χ4v) is 5.16. The molecule has 0 radical (unpaired) electrons. The molecule has 4 aromatic carbocycles. The highest BCUT2D eigenvalue weighted by molar-refractivity contribution is 5.94. The maximum Gasteiger partial charge on any atom is 0.164 e. The van der Waals surface area contributed by atoms with Crippen molar-refractivity contribution < 1.29 is 0 Å². The largest absolute Gasteiger partial charge is 0.256 e. The molecule has 6 aromatic rings. The van der Waals surface area contributed by atoms with Gasteiger partial charge in [-0.1, -0.05) is 133 Å². The molecule has 0 bridgehead atoms. The van der Waals surface area contributed by atoms with Crippen LogP contribution in [0.5, 0.6) is 0 Å². The summed E-state index contributed by atoms with van der Waals surface area (Å²) in [7, 11) is 0. The predicted molar refractivity (Wildman–Crippen MR) is 174 cm³/mol. The number of rotatable bonds is 4. The fraction of sp³-hybridized carbons (Fsp3) is 0.211. The van der Waals surface area contributed by atoms with Crippen molar-refractivity contribution in [2.75, 3.05) is 0 Å². The summed E-state index contributed by atoms with van der Waals surface area (Å²) in [6.07, 6.45) is 1.87. The molecule has 0 N–H and O–H groups in total. The number of hydrogen-bond donors (Lipinski definition) is 0. The molecule has 0 aliphatic rings. The Kier molecular flexibility index (Phi) is 6.94. The normalized spacial score (nSPS) is 12.0. The average Bonchev–Trinajstić information content (AvgIpc) is 3.00. The lowest BCUT2D eigenvalue weighted by molar-refractivity contribution is 0.590. The van der Waals surface area contributed by atoms with Crippen molar-refractivity contribution in [2.45, 2.75) is 52.4 Å². The highest BCUT2D eigenvalue weighted by Gasteiger charge is 2.18. The molecular formula is C38H36N4. The minimum atomic E-state index is 0.0683. The zero-order valence-corrected chi connectivity index (χ0v) is 25.2.